The van der Waals surface area contributed by atoms with Gasteiger partial charge < -0.3 is 29.7 Å². The normalized spacial score (nSPS) is 15.6. The molecule has 29 heavy (non-hydrogen) atoms. The van der Waals surface area contributed by atoms with Gasteiger partial charge in [-0.15, -0.1) is 24.0 Å². The number of halogens is 1. The molecule has 0 aliphatic carbocycles. The number of hydrogen-bond donors (Lipinski definition) is 2. The van der Waals surface area contributed by atoms with Crippen molar-refractivity contribution in [2.45, 2.75) is 13.1 Å². The number of anilines is 1. The molecule has 0 spiro atoms. The minimum atomic E-state index is 0. The Morgan fingerprint density at radius 2 is 1.59 bits per heavy atom. The van der Waals surface area contributed by atoms with Gasteiger partial charge in [-0.1, -0.05) is 18.2 Å². The van der Waals surface area contributed by atoms with E-state index in [0.717, 1.165) is 49.3 Å². The van der Waals surface area contributed by atoms with Crippen LogP contribution in [0.2, 0.25) is 0 Å². The zero-order valence-corrected chi connectivity index (χ0v) is 18.8. The quantitative estimate of drug-likeness (QED) is 0.367. The number of morpholine rings is 1. The lowest BCUT2D eigenvalue weighted by Gasteiger charge is -2.28. The van der Waals surface area contributed by atoms with Gasteiger partial charge in [-0.05, 0) is 35.4 Å². The highest BCUT2D eigenvalue weighted by atomic mass is 127. The molecule has 0 aromatic heterocycles. The van der Waals surface area contributed by atoms with Crippen LogP contribution in [0.1, 0.15) is 11.1 Å². The van der Waals surface area contributed by atoms with Gasteiger partial charge >= 0.3 is 0 Å². The fourth-order valence-electron chi connectivity index (χ4n) is 3.29. The molecule has 2 aliphatic heterocycles. The monoisotopic (exact) mass is 510 g/mol. The predicted octanol–water partition coefficient (Wildman–Crippen LogP) is 2.74. The van der Waals surface area contributed by atoms with Crippen molar-refractivity contribution in [3.05, 3.63) is 53.6 Å². The summed E-state index contributed by atoms with van der Waals surface area (Å²) >= 11 is 0. The lowest BCUT2D eigenvalue weighted by atomic mass is 10.2. The number of guanidine groups is 1. The van der Waals surface area contributed by atoms with Gasteiger partial charge in [-0.25, -0.2) is 0 Å². The van der Waals surface area contributed by atoms with Gasteiger partial charge in [0, 0.05) is 38.9 Å². The standard InChI is InChI=1S/C21H26N4O3.HI/c1-22-21(24-14-17-4-7-19-20(12-17)28-15-27-19)23-13-16-2-5-18(6-3-16)25-8-10-26-11-9-25;/h2-7,12H,8-11,13-15H2,1H3,(H2,22,23,24);1H. The number of benzene rings is 2. The lowest BCUT2D eigenvalue weighted by molar-refractivity contribution is 0.122. The molecule has 1 fully saturated rings. The SMILES string of the molecule is CN=C(NCc1ccc(N2CCOCC2)cc1)NCc1ccc2c(c1)OCO2.I. The maximum absolute atomic E-state index is 5.42. The molecule has 2 aliphatic rings. The Labute approximate surface area is 188 Å². The highest BCUT2D eigenvalue weighted by Gasteiger charge is 2.13. The van der Waals surface area contributed by atoms with Gasteiger partial charge in [0.25, 0.3) is 0 Å². The third-order valence-electron chi connectivity index (χ3n) is 4.89. The molecule has 0 bridgehead atoms. The third-order valence-corrected chi connectivity index (χ3v) is 4.89. The van der Waals surface area contributed by atoms with Gasteiger partial charge in [-0.2, -0.15) is 0 Å². The Balaban J connectivity index is 0.00000240. The van der Waals surface area contributed by atoms with Crippen LogP contribution in [0.4, 0.5) is 5.69 Å². The van der Waals surface area contributed by atoms with E-state index in [1.807, 2.05) is 18.2 Å². The minimum Gasteiger partial charge on any atom is -0.454 e. The van der Waals surface area contributed by atoms with Crippen molar-refractivity contribution in [2.24, 2.45) is 4.99 Å². The van der Waals surface area contributed by atoms with E-state index in [1.165, 1.54) is 11.3 Å². The number of fused-ring (bicyclic) bond motifs is 1. The number of hydrogen-bond acceptors (Lipinski definition) is 5. The number of nitrogens with one attached hydrogen (secondary N) is 2. The Morgan fingerprint density at radius 3 is 2.31 bits per heavy atom. The summed E-state index contributed by atoms with van der Waals surface area (Å²) in [7, 11) is 1.77. The van der Waals surface area contributed by atoms with Gasteiger partial charge in [0.2, 0.25) is 6.79 Å². The molecule has 0 radical (unpaired) electrons. The zero-order valence-electron chi connectivity index (χ0n) is 16.5. The van der Waals surface area contributed by atoms with Crippen LogP contribution >= 0.6 is 24.0 Å². The Hall–Kier alpha value is -2.20. The summed E-state index contributed by atoms with van der Waals surface area (Å²) in [5.74, 6) is 2.35. The fourth-order valence-corrected chi connectivity index (χ4v) is 3.29. The summed E-state index contributed by atoms with van der Waals surface area (Å²) in [5.41, 5.74) is 3.57. The second kappa shape index (κ2) is 10.5. The van der Waals surface area contributed by atoms with Gasteiger partial charge in [-0.3, -0.25) is 4.99 Å². The highest BCUT2D eigenvalue weighted by molar-refractivity contribution is 14.0. The average Bonchev–Trinajstić information content (AvgIpc) is 3.23. The lowest BCUT2D eigenvalue weighted by Crippen LogP contribution is -2.36. The number of ether oxygens (including phenoxy) is 3. The van der Waals surface area contributed by atoms with E-state index in [9.17, 15) is 0 Å². The van der Waals surface area contributed by atoms with Crippen molar-refractivity contribution in [2.75, 3.05) is 45.0 Å². The smallest absolute Gasteiger partial charge is 0.231 e. The van der Waals surface area contributed by atoms with E-state index >= 15 is 0 Å². The molecule has 8 heteroatoms. The molecule has 2 N–H and O–H groups in total. The molecule has 2 heterocycles. The molecule has 2 aromatic carbocycles. The Bertz CT molecular complexity index is 823. The highest BCUT2D eigenvalue weighted by Crippen LogP contribution is 2.32. The van der Waals surface area contributed by atoms with E-state index in [-0.39, 0.29) is 24.0 Å². The molecular weight excluding hydrogens is 483 g/mol. The average molecular weight is 510 g/mol. The maximum atomic E-state index is 5.42. The van der Waals surface area contributed by atoms with Crippen molar-refractivity contribution in [1.82, 2.24) is 10.6 Å². The van der Waals surface area contributed by atoms with Crippen LogP contribution in [-0.2, 0) is 17.8 Å². The molecule has 2 aromatic rings. The summed E-state index contributed by atoms with van der Waals surface area (Å²) in [6.45, 7) is 5.17. The van der Waals surface area contributed by atoms with Crippen LogP contribution in [-0.4, -0.2) is 46.1 Å². The van der Waals surface area contributed by atoms with E-state index in [4.69, 9.17) is 14.2 Å². The van der Waals surface area contributed by atoms with Crippen molar-refractivity contribution in [3.8, 4) is 11.5 Å². The molecule has 0 saturated carbocycles. The molecule has 1 saturated heterocycles. The van der Waals surface area contributed by atoms with Crippen molar-refractivity contribution >= 4 is 35.6 Å². The van der Waals surface area contributed by atoms with E-state index in [2.05, 4.69) is 44.8 Å². The maximum Gasteiger partial charge on any atom is 0.231 e. The molecule has 0 atom stereocenters. The van der Waals surface area contributed by atoms with Crippen LogP contribution in [0.25, 0.3) is 0 Å². The van der Waals surface area contributed by atoms with Crippen molar-refractivity contribution in [1.29, 1.82) is 0 Å². The summed E-state index contributed by atoms with van der Waals surface area (Å²) in [6, 6.07) is 14.6. The van der Waals surface area contributed by atoms with Crippen LogP contribution < -0.4 is 25.0 Å². The van der Waals surface area contributed by atoms with Crippen molar-refractivity contribution < 1.29 is 14.2 Å². The molecule has 156 valence electrons. The third kappa shape index (κ3) is 5.66. The van der Waals surface area contributed by atoms with Gasteiger partial charge in [0.05, 0.1) is 13.2 Å². The number of aliphatic imine (C=N–C) groups is 1. The second-order valence-electron chi connectivity index (χ2n) is 6.73. The first-order valence-corrected chi connectivity index (χ1v) is 9.56. The Morgan fingerprint density at radius 1 is 0.931 bits per heavy atom. The summed E-state index contributed by atoms with van der Waals surface area (Å²) in [6.07, 6.45) is 0. The molecule has 7 nitrogen and oxygen atoms in total. The number of nitrogens with zero attached hydrogens (tertiary/aromatic N) is 2. The predicted molar refractivity (Wildman–Crippen MR) is 124 cm³/mol. The molecule has 0 unspecified atom stereocenters. The van der Waals surface area contributed by atoms with E-state index < -0.39 is 0 Å². The van der Waals surface area contributed by atoms with E-state index in [0.29, 0.717) is 19.9 Å². The van der Waals surface area contributed by atoms with Crippen LogP contribution in [0.15, 0.2) is 47.5 Å². The minimum absolute atomic E-state index is 0. The largest absolute Gasteiger partial charge is 0.454 e. The number of rotatable bonds is 5. The molecule has 4 rings (SSSR count). The van der Waals surface area contributed by atoms with Gasteiger partial charge in [0.1, 0.15) is 0 Å². The van der Waals surface area contributed by atoms with Crippen LogP contribution in [0.3, 0.4) is 0 Å². The van der Waals surface area contributed by atoms with E-state index in [1.54, 1.807) is 7.05 Å². The zero-order chi connectivity index (χ0) is 19.2. The van der Waals surface area contributed by atoms with Gasteiger partial charge in [0.15, 0.2) is 17.5 Å². The molecule has 0 amide bonds. The first-order chi connectivity index (χ1) is 13.8. The van der Waals surface area contributed by atoms with Crippen LogP contribution in [0.5, 0.6) is 11.5 Å². The summed E-state index contributed by atoms with van der Waals surface area (Å²) in [5, 5.41) is 6.69. The fraction of sp³-hybridized carbons (Fsp3) is 0.381. The second-order valence-corrected chi connectivity index (χ2v) is 6.73. The summed E-state index contributed by atoms with van der Waals surface area (Å²) < 4.78 is 16.2. The van der Waals surface area contributed by atoms with Crippen molar-refractivity contribution in [3.63, 3.8) is 0 Å². The first-order valence-electron chi connectivity index (χ1n) is 9.56. The summed E-state index contributed by atoms with van der Waals surface area (Å²) in [4.78, 5) is 6.65. The van der Waals surface area contributed by atoms with Crippen LogP contribution in [0, 0.1) is 0 Å². The first kappa shape index (κ1) is 21.5. The molecular formula is C21H27IN4O3. The Kier molecular flexibility index (Phi) is 7.82. The topological polar surface area (TPSA) is 67.4 Å².